The highest BCUT2D eigenvalue weighted by molar-refractivity contribution is 7.11. The van der Waals surface area contributed by atoms with E-state index >= 15 is 0 Å². The standard InChI is InChI=1S/C15H20N4S/c1-10-7-11(2)18-15(17-10)19-6-4-5-13(9-19)14-16-8-12(3)20-14/h7-8,13H,4-6,9H2,1-3H3/t13-/m1/s1. The van der Waals surface area contributed by atoms with Crippen molar-refractivity contribution in [2.45, 2.75) is 39.5 Å². The van der Waals surface area contributed by atoms with Crippen molar-refractivity contribution in [3.63, 3.8) is 0 Å². The van der Waals surface area contributed by atoms with Gasteiger partial charge in [0.1, 0.15) is 0 Å². The third-order valence-corrected chi connectivity index (χ3v) is 4.74. The predicted molar refractivity (Wildman–Crippen MR) is 82.5 cm³/mol. The Hall–Kier alpha value is -1.49. The fourth-order valence-electron chi connectivity index (χ4n) is 2.77. The van der Waals surface area contributed by atoms with E-state index in [1.807, 2.05) is 37.4 Å². The highest BCUT2D eigenvalue weighted by Crippen LogP contribution is 2.31. The second-order valence-corrected chi connectivity index (χ2v) is 6.81. The van der Waals surface area contributed by atoms with E-state index in [1.54, 1.807) is 0 Å². The molecule has 0 N–H and O–H groups in total. The van der Waals surface area contributed by atoms with Crippen LogP contribution in [-0.2, 0) is 0 Å². The number of nitrogens with zero attached hydrogens (tertiary/aromatic N) is 4. The zero-order chi connectivity index (χ0) is 14.1. The van der Waals surface area contributed by atoms with Crippen molar-refractivity contribution in [1.82, 2.24) is 15.0 Å². The van der Waals surface area contributed by atoms with Crippen molar-refractivity contribution < 1.29 is 0 Å². The lowest BCUT2D eigenvalue weighted by Crippen LogP contribution is -2.35. The van der Waals surface area contributed by atoms with Gasteiger partial charge in [0.2, 0.25) is 5.95 Å². The van der Waals surface area contributed by atoms with Crippen LogP contribution in [0.3, 0.4) is 0 Å². The summed E-state index contributed by atoms with van der Waals surface area (Å²) in [4.78, 5) is 17.3. The van der Waals surface area contributed by atoms with Gasteiger partial charge in [-0.15, -0.1) is 11.3 Å². The molecule has 1 atom stereocenters. The molecule has 0 aliphatic carbocycles. The molecule has 3 rings (SSSR count). The molecule has 2 aromatic heterocycles. The van der Waals surface area contributed by atoms with Crippen LogP contribution in [0.15, 0.2) is 12.3 Å². The molecule has 5 heteroatoms. The predicted octanol–water partition coefficient (Wildman–Crippen LogP) is 3.24. The molecule has 3 heterocycles. The van der Waals surface area contributed by atoms with Crippen molar-refractivity contribution in [2.24, 2.45) is 0 Å². The van der Waals surface area contributed by atoms with Crippen molar-refractivity contribution in [2.75, 3.05) is 18.0 Å². The molecule has 1 aliphatic heterocycles. The summed E-state index contributed by atoms with van der Waals surface area (Å²) in [6.07, 6.45) is 4.38. The summed E-state index contributed by atoms with van der Waals surface area (Å²) in [6.45, 7) is 8.21. The summed E-state index contributed by atoms with van der Waals surface area (Å²) in [5, 5.41) is 1.26. The molecule has 0 unspecified atom stereocenters. The Kier molecular flexibility index (Phi) is 3.70. The van der Waals surface area contributed by atoms with Crippen molar-refractivity contribution in [1.29, 1.82) is 0 Å². The van der Waals surface area contributed by atoms with E-state index in [2.05, 4.69) is 26.8 Å². The summed E-state index contributed by atoms with van der Waals surface area (Å²) in [5.41, 5.74) is 2.08. The van der Waals surface area contributed by atoms with Crippen LogP contribution in [0.25, 0.3) is 0 Å². The van der Waals surface area contributed by atoms with Crippen LogP contribution in [0.2, 0.25) is 0 Å². The maximum absolute atomic E-state index is 4.59. The molecule has 4 nitrogen and oxygen atoms in total. The molecule has 0 radical (unpaired) electrons. The largest absolute Gasteiger partial charge is 0.340 e. The first kappa shape index (κ1) is 13.5. The van der Waals surface area contributed by atoms with Crippen LogP contribution in [0.5, 0.6) is 0 Å². The van der Waals surface area contributed by atoms with Gasteiger partial charge < -0.3 is 4.90 Å². The average Bonchev–Trinajstić information content (AvgIpc) is 2.85. The molecular formula is C15H20N4S. The number of rotatable bonds is 2. The molecule has 20 heavy (non-hydrogen) atoms. The lowest BCUT2D eigenvalue weighted by molar-refractivity contribution is 0.501. The first-order valence-electron chi connectivity index (χ1n) is 7.11. The van der Waals surface area contributed by atoms with E-state index < -0.39 is 0 Å². The molecule has 1 fully saturated rings. The van der Waals surface area contributed by atoms with Crippen LogP contribution in [0.4, 0.5) is 5.95 Å². The Morgan fingerprint density at radius 1 is 1.20 bits per heavy atom. The summed E-state index contributed by atoms with van der Waals surface area (Å²) in [6, 6.07) is 2.02. The Balaban J connectivity index is 1.81. The van der Waals surface area contributed by atoms with Gasteiger partial charge in [-0.1, -0.05) is 0 Å². The van der Waals surface area contributed by atoms with E-state index in [-0.39, 0.29) is 0 Å². The minimum absolute atomic E-state index is 0.520. The molecule has 106 valence electrons. The van der Waals surface area contributed by atoms with Crippen molar-refractivity contribution in [3.05, 3.63) is 33.5 Å². The molecule has 0 bridgehead atoms. The highest BCUT2D eigenvalue weighted by atomic mass is 32.1. The van der Waals surface area contributed by atoms with Gasteiger partial charge >= 0.3 is 0 Å². The molecule has 1 aliphatic rings. The Labute approximate surface area is 123 Å². The maximum Gasteiger partial charge on any atom is 0.225 e. The number of hydrogen-bond acceptors (Lipinski definition) is 5. The highest BCUT2D eigenvalue weighted by Gasteiger charge is 2.25. The topological polar surface area (TPSA) is 41.9 Å². The van der Waals surface area contributed by atoms with E-state index in [9.17, 15) is 0 Å². The summed E-state index contributed by atoms with van der Waals surface area (Å²) in [5.74, 6) is 1.40. The third-order valence-electron chi connectivity index (χ3n) is 3.66. The summed E-state index contributed by atoms with van der Waals surface area (Å²) >= 11 is 1.82. The van der Waals surface area contributed by atoms with Gasteiger partial charge in [0, 0.05) is 41.5 Å². The number of aromatic nitrogens is 3. The molecule has 0 spiro atoms. The number of piperidine rings is 1. The first-order valence-corrected chi connectivity index (χ1v) is 7.93. The van der Waals surface area contributed by atoms with E-state index in [4.69, 9.17) is 0 Å². The third kappa shape index (κ3) is 2.82. The minimum Gasteiger partial charge on any atom is -0.340 e. The van der Waals surface area contributed by atoms with Crippen LogP contribution in [0.1, 0.15) is 40.0 Å². The summed E-state index contributed by atoms with van der Waals surface area (Å²) < 4.78 is 0. The smallest absolute Gasteiger partial charge is 0.225 e. The molecule has 0 saturated carbocycles. The first-order chi connectivity index (χ1) is 9.61. The zero-order valence-corrected chi connectivity index (χ0v) is 13.1. The minimum atomic E-state index is 0.520. The van der Waals surface area contributed by atoms with Gasteiger partial charge in [-0.05, 0) is 39.7 Å². The van der Waals surface area contributed by atoms with Gasteiger partial charge in [-0.2, -0.15) is 0 Å². The number of anilines is 1. The van der Waals surface area contributed by atoms with Crippen LogP contribution >= 0.6 is 11.3 Å². The van der Waals surface area contributed by atoms with Crippen LogP contribution in [0, 0.1) is 20.8 Å². The van der Waals surface area contributed by atoms with Crippen LogP contribution < -0.4 is 4.90 Å². The maximum atomic E-state index is 4.59. The Bertz CT molecular complexity index is 587. The lowest BCUT2D eigenvalue weighted by Gasteiger charge is -2.32. The second kappa shape index (κ2) is 5.48. The second-order valence-electron chi connectivity index (χ2n) is 5.55. The molecular weight excluding hydrogens is 268 g/mol. The van der Waals surface area contributed by atoms with Gasteiger partial charge in [0.15, 0.2) is 0 Å². The molecule has 0 amide bonds. The number of thiazole rings is 1. The van der Waals surface area contributed by atoms with Crippen molar-refractivity contribution in [3.8, 4) is 0 Å². The number of aryl methyl sites for hydroxylation is 3. The average molecular weight is 288 g/mol. The monoisotopic (exact) mass is 288 g/mol. The normalized spacial score (nSPS) is 19.4. The Morgan fingerprint density at radius 3 is 2.60 bits per heavy atom. The van der Waals surface area contributed by atoms with Gasteiger partial charge in [0.05, 0.1) is 5.01 Å². The molecule has 1 saturated heterocycles. The summed E-state index contributed by atoms with van der Waals surface area (Å²) in [7, 11) is 0. The van der Waals surface area contributed by atoms with Crippen LogP contribution in [-0.4, -0.2) is 28.0 Å². The van der Waals surface area contributed by atoms with E-state index in [0.29, 0.717) is 5.92 Å². The lowest BCUT2D eigenvalue weighted by atomic mass is 9.99. The quantitative estimate of drug-likeness (QED) is 0.850. The van der Waals surface area contributed by atoms with Crippen molar-refractivity contribution >= 4 is 17.3 Å². The fourth-order valence-corrected chi connectivity index (χ4v) is 3.67. The molecule has 0 aromatic carbocycles. The van der Waals surface area contributed by atoms with E-state index in [0.717, 1.165) is 30.4 Å². The van der Waals surface area contributed by atoms with E-state index in [1.165, 1.54) is 22.7 Å². The van der Waals surface area contributed by atoms with Gasteiger partial charge in [-0.3, -0.25) is 0 Å². The number of hydrogen-bond donors (Lipinski definition) is 0. The van der Waals surface area contributed by atoms with Gasteiger partial charge in [-0.25, -0.2) is 15.0 Å². The fraction of sp³-hybridized carbons (Fsp3) is 0.533. The Morgan fingerprint density at radius 2 is 1.95 bits per heavy atom. The zero-order valence-electron chi connectivity index (χ0n) is 12.3. The SMILES string of the molecule is Cc1cc(C)nc(N2CCC[C@@H](c3ncc(C)s3)C2)n1. The van der Waals surface area contributed by atoms with Gasteiger partial charge in [0.25, 0.3) is 0 Å². The molecule has 2 aromatic rings.